The van der Waals surface area contributed by atoms with Gasteiger partial charge in [-0.3, -0.25) is 9.59 Å². The normalized spacial score (nSPS) is 17.6. The number of hydrogen-bond acceptors (Lipinski definition) is 5. The van der Waals surface area contributed by atoms with E-state index in [1.165, 1.54) is 6.20 Å². The lowest BCUT2D eigenvalue weighted by Crippen LogP contribution is -2.44. The number of likely N-dealkylation sites (tertiary alicyclic amines) is 1. The standard InChI is InChI=1S/C18H22N4O4S/c23-17-11-19-16(10-20-17)18(24)22-8-4-7-15(12-22)9-21-27(25,26)13-14-5-2-1-3-6-14/h1-3,5-6,10-11,15,21H,4,7-9,12-13H2,(H,20,23)/t15-/m1/s1. The highest BCUT2D eigenvalue weighted by Crippen LogP contribution is 2.18. The number of rotatable bonds is 6. The maximum atomic E-state index is 12.5. The molecule has 9 heteroatoms. The van der Waals surface area contributed by atoms with Crippen molar-refractivity contribution in [3.8, 4) is 0 Å². The van der Waals surface area contributed by atoms with Crippen LogP contribution in [0.5, 0.6) is 0 Å². The second kappa shape index (κ2) is 8.45. The topological polar surface area (TPSA) is 112 Å². The number of nitrogens with zero attached hydrogens (tertiary/aromatic N) is 2. The third-order valence-corrected chi connectivity index (χ3v) is 5.81. The molecule has 3 rings (SSSR count). The molecule has 2 heterocycles. The second-order valence-corrected chi connectivity index (χ2v) is 8.46. The summed E-state index contributed by atoms with van der Waals surface area (Å²) < 4.78 is 27.2. The number of aromatic amines is 1. The maximum absolute atomic E-state index is 12.5. The number of hydrogen-bond donors (Lipinski definition) is 2. The molecule has 2 aromatic rings. The summed E-state index contributed by atoms with van der Waals surface area (Å²) in [5, 5.41) is 0. The number of carbonyl (C=O) groups excluding carboxylic acids is 1. The second-order valence-electron chi connectivity index (χ2n) is 6.65. The van der Waals surface area contributed by atoms with E-state index in [1.807, 2.05) is 6.07 Å². The van der Waals surface area contributed by atoms with E-state index >= 15 is 0 Å². The van der Waals surface area contributed by atoms with Crippen molar-refractivity contribution in [1.29, 1.82) is 0 Å². The van der Waals surface area contributed by atoms with Gasteiger partial charge in [0.25, 0.3) is 11.5 Å². The summed E-state index contributed by atoms with van der Waals surface area (Å²) in [6.45, 7) is 1.33. The molecule has 27 heavy (non-hydrogen) atoms. The summed E-state index contributed by atoms with van der Waals surface area (Å²) in [6, 6.07) is 9.00. The zero-order valence-corrected chi connectivity index (χ0v) is 15.6. The molecule has 1 aromatic heterocycles. The lowest BCUT2D eigenvalue weighted by molar-refractivity contribution is 0.0670. The van der Waals surface area contributed by atoms with E-state index < -0.39 is 10.0 Å². The highest BCUT2D eigenvalue weighted by atomic mass is 32.2. The van der Waals surface area contributed by atoms with Gasteiger partial charge in [-0.1, -0.05) is 30.3 Å². The van der Waals surface area contributed by atoms with Crippen molar-refractivity contribution >= 4 is 15.9 Å². The van der Waals surface area contributed by atoms with Gasteiger partial charge in [0.1, 0.15) is 5.69 Å². The van der Waals surface area contributed by atoms with E-state index in [0.717, 1.165) is 24.6 Å². The maximum Gasteiger partial charge on any atom is 0.273 e. The van der Waals surface area contributed by atoms with Crippen molar-refractivity contribution in [2.24, 2.45) is 5.92 Å². The first-order valence-corrected chi connectivity index (χ1v) is 10.4. The predicted molar refractivity (Wildman–Crippen MR) is 101 cm³/mol. The summed E-state index contributed by atoms with van der Waals surface area (Å²) in [5.74, 6) is -0.288. The van der Waals surface area contributed by atoms with Gasteiger partial charge in [0.05, 0.1) is 11.9 Å². The minimum Gasteiger partial charge on any atom is -0.337 e. The Balaban J connectivity index is 1.55. The summed E-state index contributed by atoms with van der Waals surface area (Å²) in [6.07, 6.45) is 4.01. The molecule has 0 radical (unpaired) electrons. The number of carbonyl (C=O) groups is 1. The first-order chi connectivity index (χ1) is 12.9. The number of aromatic nitrogens is 2. The van der Waals surface area contributed by atoms with Crippen LogP contribution in [0.15, 0.2) is 47.5 Å². The Hall–Kier alpha value is -2.52. The SMILES string of the molecule is O=C(c1c[nH]c(=O)cn1)N1CCC[C@H](CNS(=O)(=O)Cc2ccccc2)C1. The molecule has 1 atom stereocenters. The zero-order valence-electron chi connectivity index (χ0n) is 14.8. The highest BCUT2D eigenvalue weighted by Gasteiger charge is 2.26. The lowest BCUT2D eigenvalue weighted by Gasteiger charge is -2.32. The van der Waals surface area contributed by atoms with Gasteiger partial charge in [-0.2, -0.15) is 0 Å². The van der Waals surface area contributed by atoms with Crippen LogP contribution in [0.1, 0.15) is 28.9 Å². The van der Waals surface area contributed by atoms with E-state index in [-0.39, 0.29) is 35.4 Å². The number of piperidine rings is 1. The van der Waals surface area contributed by atoms with Crippen LogP contribution in [0.4, 0.5) is 0 Å². The van der Waals surface area contributed by atoms with E-state index in [9.17, 15) is 18.0 Å². The summed E-state index contributed by atoms with van der Waals surface area (Å²) >= 11 is 0. The molecule has 1 fully saturated rings. The van der Waals surface area contributed by atoms with Crippen LogP contribution in [0.2, 0.25) is 0 Å². The molecular weight excluding hydrogens is 368 g/mol. The molecule has 1 amide bonds. The average Bonchev–Trinajstić information content (AvgIpc) is 2.67. The Morgan fingerprint density at radius 3 is 2.78 bits per heavy atom. The van der Waals surface area contributed by atoms with Crippen molar-refractivity contribution in [3.63, 3.8) is 0 Å². The molecule has 0 aliphatic carbocycles. The van der Waals surface area contributed by atoms with Crippen LogP contribution in [0.25, 0.3) is 0 Å². The van der Waals surface area contributed by atoms with Crippen LogP contribution < -0.4 is 10.3 Å². The molecule has 0 spiro atoms. The molecule has 2 N–H and O–H groups in total. The van der Waals surface area contributed by atoms with Gasteiger partial charge in [-0.25, -0.2) is 18.1 Å². The van der Waals surface area contributed by atoms with Crippen molar-refractivity contribution in [2.75, 3.05) is 19.6 Å². The lowest BCUT2D eigenvalue weighted by atomic mass is 9.98. The Kier molecular flexibility index (Phi) is 6.02. The van der Waals surface area contributed by atoms with Crippen LogP contribution in [0, 0.1) is 5.92 Å². The fourth-order valence-electron chi connectivity index (χ4n) is 3.13. The van der Waals surface area contributed by atoms with Gasteiger partial charge in [0.15, 0.2) is 0 Å². The molecule has 0 unspecified atom stereocenters. The molecule has 8 nitrogen and oxygen atoms in total. The van der Waals surface area contributed by atoms with Crippen LogP contribution in [-0.4, -0.2) is 48.8 Å². The third kappa shape index (κ3) is 5.48. The monoisotopic (exact) mass is 390 g/mol. The van der Waals surface area contributed by atoms with E-state index in [4.69, 9.17) is 0 Å². The molecule has 1 aliphatic rings. The first-order valence-electron chi connectivity index (χ1n) is 8.78. The molecule has 1 aliphatic heterocycles. The molecule has 144 valence electrons. The number of H-pyrrole nitrogens is 1. The van der Waals surface area contributed by atoms with Gasteiger partial charge in [0.2, 0.25) is 10.0 Å². The molecule has 0 bridgehead atoms. The van der Waals surface area contributed by atoms with Crippen LogP contribution in [-0.2, 0) is 15.8 Å². The smallest absolute Gasteiger partial charge is 0.273 e. The summed E-state index contributed by atoms with van der Waals surface area (Å²) in [4.78, 5) is 31.5. The first kappa shape index (κ1) is 19.2. The Morgan fingerprint density at radius 2 is 2.07 bits per heavy atom. The van der Waals surface area contributed by atoms with Crippen molar-refractivity contribution < 1.29 is 13.2 Å². The fourth-order valence-corrected chi connectivity index (χ4v) is 4.35. The number of nitrogens with one attached hydrogen (secondary N) is 2. The summed E-state index contributed by atoms with van der Waals surface area (Å²) in [5.41, 5.74) is 0.547. The number of sulfonamides is 1. The molecule has 0 saturated carbocycles. The number of benzene rings is 1. The fraction of sp³-hybridized carbons (Fsp3) is 0.389. The van der Waals surface area contributed by atoms with Crippen molar-refractivity contribution in [2.45, 2.75) is 18.6 Å². The molecule has 1 aromatic carbocycles. The average molecular weight is 390 g/mol. The quantitative estimate of drug-likeness (QED) is 0.756. The largest absolute Gasteiger partial charge is 0.337 e. The van der Waals surface area contributed by atoms with Gasteiger partial charge < -0.3 is 9.88 Å². The van der Waals surface area contributed by atoms with E-state index in [0.29, 0.717) is 13.1 Å². The Labute approximate surface area is 157 Å². The zero-order chi connectivity index (χ0) is 19.3. The van der Waals surface area contributed by atoms with Crippen molar-refractivity contribution in [3.05, 3.63) is 64.3 Å². The third-order valence-electron chi connectivity index (χ3n) is 4.49. The molecular formula is C18H22N4O4S. The highest BCUT2D eigenvalue weighted by molar-refractivity contribution is 7.88. The van der Waals surface area contributed by atoms with Gasteiger partial charge in [-0.15, -0.1) is 0 Å². The van der Waals surface area contributed by atoms with Gasteiger partial charge >= 0.3 is 0 Å². The Morgan fingerprint density at radius 1 is 1.30 bits per heavy atom. The number of amides is 1. The van der Waals surface area contributed by atoms with E-state index in [1.54, 1.807) is 29.2 Å². The minimum atomic E-state index is -3.43. The van der Waals surface area contributed by atoms with Crippen LogP contribution in [0.3, 0.4) is 0 Å². The molecule has 1 saturated heterocycles. The summed E-state index contributed by atoms with van der Waals surface area (Å²) in [7, 11) is -3.43. The van der Waals surface area contributed by atoms with E-state index in [2.05, 4.69) is 14.7 Å². The van der Waals surface area contributed by atoms with Gasteiger partial charge in [0, 0.05) is 25.8 Å². The van der Waals surface area contributed by atoms with Crippen molar-refractivity contribution in [1.82, 2.24) is 19.6 Å². The van der Waals surface area contributed by atoms with Gasteiger partial charge in [-0.05, 0) is 24.3 Å². The minimum absolute atomic E-state index is 0.0380. The predicted octanol–water partition coefficient (Wildman–Crippen LogP) is 0.742. The van der Waals surface area contributed by atoms with Crippen LogP contribution >= 0.6 is 0 Å². The Bertz CT molecular complexity index is 923.